The molecule has 0 radical (unpaired) electrons. The van der Waals surface area contributed by atoms with Gasteiger partial charge in [-0.25, -0.2) is 4.79 Å². The molecule has 0 saturated carbocycles. The number of hydrogen-bond acceptors (Lipinski definition) is 5. The van der Waals surface area contributed by atoms with Gasteiger partial charge in [-0.3, -0.25) is 9.59 Å². The van der Waals surface area contributed by atoms with Crippen LogP contribution in [0, 0.1) is 6.92 Å². The molecule has 0 saturated heterocycles. The topological polar surface area (TPSA) is 85.6 Å². The van der Waals surface area contributed by atoms with Gasteiger partial charge in [-0.2, -0.15) is 0 Å². The van der Waals surface area contributed by atoms with Crippen LogP contribution in [0.15, 0.2) is 57.7 Å². The summed E-state index contributed by atoms with van der Waals surface area (Å²) in [6.45, 7) is 3.44. The van der Waals surface area contributed by atoms with E-state index in [1.54, 1.807) is 49.4 Å². The Morgan fingerprint density at radius 1 is 1.07 bits per heavy atom. The van der Waals surface area contributed by atoms with E-state index >= 15 is 0 Å². The number of carbonyl (C=O) groups excluding carboxylic acids is 2. The van der Waals surface area contributed by atoms with Gasteiger partial charge in [0.1, 0.15) is 11.3 Å². The van der Waals surface area contributed by atoms with Crippen molar-refractivity contribution in [3.63, 3.8) is 0 Å². The number of Topliss-reactive ketones (excluding diaryl/α,β-unsaturated/α-hetero) is 1. The number of aryl methyl sites for hydroxylation is 1. The van der Waals surface area contributed by atoms with Crippen LogP contribution >= 0.6 is 0 Å². The highest BCUT2D eigenvalue weighted by Crippen LogP contribution is 2.21. The Balaban J connectivity index is 1.63. The first-order chi connectivity index (χ1) is 13.0. The number of amides is 1. The highest BCUT2D eigenvalue weighted by Gasteiger charge is 2.08. The van der Waals surface area contributed by atoms with E-state index in [1.807, 2.05) is 6.92 Å². The molecule has 0 bridgehead atoms. The van der Waals surface area contributed by atoms with E-state index in [1.165, 1.54) is 6.07 Å². The number of anilines is 1. The van der Waals surface area contributed by atoms with Gasteiger partial charge in [0, 0.05) is 35.2 Å². The van der Waals surface area contributed by atoms with Crippen LogP contribution in [0.2, 0.25) is 0 Å². The summed E-state index contributed by atoms with van der Waals surface area (Å²) in [7, 11) is 0. The third kappa shape index (κ3) is 4.41. The summed E-state index contributed by atoms with van der Waals surface area (Å²) in [5.41, 5.74) is 1.91. The zero-order chi connectivity index (χ0) is 19.4. The zero-order valence-corrected chi connectivity index (χ0v) is 15.1. The van der Waals surface area contributed by atoms with E-state index in [-0.39, 0.29) is 18.3 Å². The first-order valence-corrected chi connectivity index (χ1v) is 8.56. The summed E-state index contributed by atoms with van der Waals surface area (Å²) >= 11 is 0. The lowest BCUT2D eigenvalue weighted by atomic mass is 10.1. The smallest absolute Gasteiger partial charge is 0.336 e. The van der Waals surface area contributed by atoms with E-state index in [9.17, 15) is 14.4 Å². The molecule has 0 aliphatic rings. The van der Waals surface area contributed by atoms with E-state index in [0.717, 1.165) is 10.9 Å². The number of hydrogen-bond donors (Lipinski definition) is 1. The Labute approximate surface area is 155 Å². The Morgan fingerprint density at radius 3 is 2.52 bits per heavy atom. The second kappa shape index (κ2) is 7.86. The molecule has 3 rings (SSSR count). The largest absolute Gasteiger partial charge is 0.484 e. The van der Waals surface area contributed by atoms with Gasteiger partial charge < -0.3 is 14.5 Å². The van der Waals surface area contributed by atoms with Crippen LogP contribution in [0.4, 0.5) is 5.69 Å². The Hall–Kier alpha value is -3.41. The molecular formula is C21H19NO5. The molecule has 138 valence electrons. The Bertz CT molecular complexity index is 1050. The fraction of sp³-hybridized carbons (Fsp3) is 0.190. The van der Waals surface area contributed by atoms with Crippen LogP contribution in [-0.4, -0.2) is 18.3 Å². The van der Waals surface area contributed by atoms with Gasteiger partial charge in [-0.1, -0.05) is 6.92 Å². The number of rotatable bonds is 6. The molecule has 1 aromatic heterocycles. The molecule has 1 N–H and O–H groups in total. The second-order valence-corrected chi connectivity index (χ2v) is 6.10. The highest BCUT2D eigenvalue weighted by molar-refractivity contribution is 5.96. The van der Waals surface area contributed by atoms with Gasteiger partial charge >= 0.3 is 5.63 Å². The van der Waals surface area contributed by atoms with Crippen LogP contribution in [0.1, 0.15) is 29.3 Å². The standard InChI is InChI=1S/C21H19NO5/c1-3-18(23)14-4-7-16(8-5-14)26-12-20(24)22-15-6-9-17-13(2)10-21(25)27-19(17)11-15/h4-11H,3,12H2,1-2H3,(H,22,24). The zero-order valence-electron chi connectivity index (χ0n) is 15.1. The maximum atomic E-state index is 12.1. The minimum atomic E-state index is -0.434. The molecule has 0 spiro atoms. The molecule has 0 unspecified atom stereocenters. The van der Waals surface area contributed by atoms with Crippen LogP contribution in [-0.2, 0) is 4.79 Å². The first kappa shape index (κ1) is 18.4. The van der Waals surface area contributed by atoms with Crippen molar-refractivity contribution in [2.75, 3.05) is 11.9 Å². The quantitative estimate of drug-likeness (QED) is 0.532. The van der Waals surface area contributed by atoms with Crippen molar-refractivity contribution in [2.45, 2.75) is 20.3 Å². The summed E-state index contributed by atoms with van der Waals surface area (Å²) in [6.07, 6.45) is 0.439. The summed E-state index contributed by atoms with van der Waals surface area (Å²) in [5, 5.41) is 3.51. The maximum Gasteiger partial charge on any atom is 0.336 e. The average Bonchev–Trinajstić information content (AvgIpc) is 2.65. The lowest BCUT2D eigenvalue weighted by molar-refractivity contribution is -0.118. The third-order valence-corrected chi connectivity index (χ3v) is 4.10. The fourth-order valence-electron chi connectivity index (χ4n) is 2.69. The monoisotopic (exact) mass is 365 g/mol. The first-order valence-electron chi connectivity index (χ1n) is 8.56. The molecule has 0 fully saturated rings. The summed E-state index contributed by atoms with van der Waals surface area (Å²) in [5.74, 6) is 0.202. The minimum absolute atomic E-state index is 0.0532. The second-order valence-electron chi connectivity index (χ2n) is 6.10. The van der Waals surface area contributed by atoms with Crippen molar-refractivity contribution in [1.82, 2.24) is 0 Å². The molecule has 0 aliphatic heterocycles. The van der Waals surface area contributed by atoms with Crippen LogP contribution in [0.5, 0.6) is 5.75 Å². The number of nitrogens with one attached hydrogen (secondary N) is 1. The van der Waals surface area contributed by atoms with E-state index in [4.69, 9.17) is 9.15 Å². The Kier molecular flexibility index (Phi) is 5.35. The number of fused-ring (bicyclic) bond motifs is 1. The SMILES string of the molecule is CCC(=O)c1ccc(OCC(=O)Nc2ccc3c(C)cc(=O)oc3c2)cc1. The van der Waals surface area contributed by atoms with Crippen molar-refractivity contribution < 1.29 is 18.7 Å². The van der Waals surface area contributed by atoms with Crippen LogP contribution < -0.4 is 15.7 Å². The highest BCUT2D eigenvalue weighted by atomic mass is 16.5. The molecule has 1 amide bonds. The normalized spacial score (nSPS) is 10.6. The third-order valence-electron chi connectivity index (χ3n) is 4.10. The molecule has 6 nitrogen and oxygen atoms in total. The molecule has 27 heavy (non-hydrogen) atoms. The average molecular weight is 365 g/mol. The van der Waals surface area contributed by atoms with Crippen molar-refractivity contribution in [1.29, 1.82) is 0 Å². The predicted molar refractivity (Wildman–Crippen MR) is 102 cm³/mol. The van der Waals surface area contributed by atoms with Gasteiger partial charge in [0.2, 0.25) is 0 Å². The molecule has 2 aromatic carbocycles. The number of carbonyl (C=O) groups is 2. The van der Waals surface area contributed by atoms with Gasteiger partial charge in [0.15, 0.2) is 12.4 Å². The number of benzene rings is 2. The van der Waals surface area contributed by atoms with E-state index in [0.29, 0.717) is 29.0 Å². The van der Waals surface area contributed by atoms with E-state index < -0.39 is 5.63 Å². The molecule has 1 heterocycles. The minimum Gasteiger partial charge on any atom is -0.484 e. The lowest BCUT2D eigenvalue weighted by Crippen LogP contribution is -2.20. The van der Waals surface area contributed by atoms with Gasteiger partial charge in [0.05, 0.1) is 0 Å². The summed E-state index contributed by atoms with van der Waals surface area (Å²) in [6, 6.07) is 13.2. The molecule has 3 aromatic rings. The molecule has 0 atom stereocenters. The number of ketones is 1. The Morgan fingerprint density at radius 2 is 1.81 bits per heavy atom. The van der Waals surface area contributed by atoms with E-state index in [2.05, 4.69) is 5.32 Å². The fourth-order valence-corrected chi connectivity index (χ4v) is 2.69. The molecule has 6 heteroatoms. The van der Waals surface area contributed by atoms with Gasteiger partial charge in [-0.05, 0) is 48.9 Å². The summed E-state index contributed by atoms with van der Waals surface area (Å²) < 4.78 is 10.6. The molecular weight excluding hydrogens is 346 g/mol. The van der Waals surface area contributed by atoms with Gasteiger partial charge in [0.25, 0.3) is 5.91 Å². The van der Waals surface area contributed by atoms with Crippen molar-refractivity contribution in [3.8, 4) is 5.75 Å². The maximum absolute atomic E-state index is 12.1. The van der Waals surface area contributed by atoms with Crippen molar-refractivity contribution in [2.24, 2.45) is 0 Å². The van der Waals surface area contributed by atoms with Gasteiger partial charge in [-0.15, -0.1) is 0 Å². The van der Waals surface area contributed by atoms with Crippen molar-refractivity contribution in [3.05, 3.63) is 70.1 Å². The van der Waals surface area contributed by atoms with Crippen molar-refractivity contribution >= 4 is 28.3 Å². The summed E-state index contributed by atoms with van der Waals surface area (Å²) in [4.78, 5) is 35.2. The van der Waals surface area contributed by atoms with Crippen LogP contribution in [0.25, 0.3) is 11.0 Å². The predicted octanol–water partition coefficient (Wildman–Crippen LogP) is 3.71. The molecule has 0 aliphatic carbocycles. The number of ether oxygens (including phenoxy) is 1. The van der Waals surface area contributed by atoms with Crippen LogP contribution in [0.3, 0.4) is 0 Å². The lowest BCUT2D eigenvalue weighted by Gasteiger charge is -2.09.